The maximum atomic E-state index is 6.66. The first kappa shape index (κ1) is 29.0. The molecule has 0 amide bonds. The fourth-order valence-corrected chi connectivity index (χ4v) is 7.91. The molecule has 0 bridgehead atoms. The minimum absolute atomic E-state index is 0.0432. The van der Waals surface area contributed by atoms with Crippen LogP contribution in [0.3, 0.4) is 0 Å². The largest absolute Gasteiger partial charge is 0.456 e. The Morgan fingerprint density at radius 3 is 2.26 bits per heavy atom. The summed E-state index contributed by atoms with van der Waals surface area (Å²) in [4.78, 5) is 5.16. The summed E-state index contributed by atoms with van der Waals surface area (Å²) in [5.74, 6) is 0.890. The fourth-order valence-electron chi connectivity index (χ4n) is 7.91. The molecule has 0 radical (unpaired) electrons. The quantitative estimate of drug-likeness (QED) is 0.195. The molecule has 2 aromatic heterocycles. The summed E-state index contributed by atoms with van der Waals surface area (Å²) in [5.41, 5.74) is 12.6. The normalized spacial score (nSPS) is 18.6. The van der Waals surface area contributed by atoms with Gasteiger partial charge >= 0.3 is 0 Å². The minimum atomic E-state index is -0.230. The van der Waals surface area contributed by atoms with Crippen molar-refractivity contribution in [1.82, 2.24) is 15.2 Å². The summed E-state index contributed by atoms with van der Waals surface area (Å²) < 4.78 is 9.07. The standard InChI is InChI=1S/C45H36N4O/c1-4-12-29(13-5-1)32-21-25-40-38(26-32)35-18-10-11-19-39(35)49(40)34-22-24-37-36-23-20-33(27-41(36)50-42(37)28-34)45-47-43(30-14-6-2-7-15-30)46-44(48-45)31-16-8-3-9-17-31/h1-2,4-8,11-17,19-28,44-45,48H,3,9-10,18H2,(H,46,47). The van der Waals surface area contributed by atoms with E-state index in [1.54, 1.807) is 0 Å². The Bertz CT molecular complexity index is 2550. The molecule has 242 valence electrons. The number of hydrogen-bond donors (Lipinski definition) is 2. The number of fused-ring (bicyclic) bond motifs is 6. The van der Waals surface area contributed by atoms with Crippen LogP contribution in [0.25, 0.3) is 55.7 Å². The number of furan rings is 1. The number of nitrogens with one attached hydrogen (secondary N) is 2. The average molecular weight is 649 g/mol. The molecule has 1 aliphatic heterocycles. The van der Waals surface area contributed by atoms with Gasteiger partial charge in [0.05, 0.1) is 5.52 Å². The molecule has 2 aliphatic carbocycles. The van der Waals surface area contributed by atoms with Crippen molar-refractivity contribution in [3.05, 3.63) is 168 Å². The van der Waals surface area contributed by atoms with Gasteiger partial charge in [-0.1, -0.05) is 103 Å². The molecule has 0 saturated carbocycles. The van der Waals surface area contributed by atoms with Gasteiger partial charge in [-0.2, -0.15) is 0 Å². The van der Waals surface area contributed by atoms with E-state index in [0.29, 0.717) is 0 Å². The second-order valence-corrected chi connectivity index (χ2v) is 13.5. The van der Waals surface area contributed by atoms with Crippen molar-refractivity contribution in [1.29, 1.82) is 0 Å². The summed E-state index contributed by atoms with van der Waals surface area (Å²) in [7, 11) is 0. The Labute approximate surface area is 291 Å². The SMILES string of the molecule is C1=CC(C2NC(c3ccccc3)=NC(c3ccc4c(c3)oc3cc(-n5c6c(c7cc(-c8ccccc8)ccc75)CCC=C6)ccc34)N2)=CCC1. The highest BCUT2D eigenvalue weighted by Gasteiger charge is 2.27. The lowest BCUT2D eigenvalue weighted by atomic mass is 9.98. The Morgan fingerprint density at radius 1 is 0.660 bits per heavy atom. The van der Waals surface area contributed by atoms with Crippen LogP contribution >= 0.6 is 0 Å². The highest BCUT2D eigenvalue weighted by Crippen LogP contribution is 2.39. The fraction of sp³-hybridized carbons (Fsp3) is 0.133. The van der Waals surface area contributed by atoms with Crippen molar-refractivity contribution in [2.45, 2.75) is 38.0 Å². The van der Waals surface area contributed by atoms with Crippen molar-refractivity contribution >= 4 is 44.8 Å². The number of amidine groups is 1. The molecule has 2 unspecified atom stereocenters. The number of hydrogen-bond acceptors (Lipinski definition) is 4. The van der Waals surface area contributed by atoms with E-state index in [9.17, 15) is 0 Å². The van der Waals surface area contributed by atoms with Crippen LogP contribution in [-0.4, -0.2) is 16.6 Å². The molecular formula is C45H36N4O. The molecule has 7 aromatic rings. The van der Waals surface area contributed by atoms with Crippen molar-refractivity contribution in [3.8, 4) is 16.8 Å². The van der Waals surface area contributed by atoms with Crippen LogP contribution in [0.4, 0.5) is 0 Å². The van der Waals surface area contributed by atoms with Crippen LogP contribution in [0.5, 0.6) is 0 Å². The van der Waals surface area contributed by atoms with Gasteiger partial charge in [-0.3, -0.25) is 5.32 Å². The maximum absolute atomic E-state index is 6.66. The Balaban J connectivity index is 1.05. The number of aromatic nitrogens is 1. The average Bonchev–Trinajstić information content (AvgIpc) is 3.73. The number of nitrogens with zero attached hydrogens (tertiary/aromatic N) is 2. The molecule has 0 saturated heterocycles. The van der Waals surface area contributed by atoms with E-state index < -0.39 is 0 Å². The molecule has 3 aliphatic rings. The van der Waals surface area contributed by atoms with Crippen LogP contribution in [0, 0.1) is 0 Å². The number of rotatable bonds is 5. The van der Waals surface area contributed by atoms with Gasteiger partial charge in [0.15, 0.2) is 0 Å². The van der Waals surface area contributed by atoms with E-state index in [4.69, 9.17) is 9.41 Å². The first-order valence-corrected chi connectivity index (χ1v) is 17.7. The van der Waals surface area contributed by atoms with Gasteiger partial charge in [0, 0.05) is 39.2 Å². The first-order chi connectivity index (χ1) is 24.8. The van der Waals surface area contributed by atoms with Gasteiger partial charge in [0.2, 0.25) is 0 Å². The maximum Gasteiger partial charge on any atom is 0.137 e. The monoisotopic (exact) mass is 648 g/mol. The molecule has 2 atom stereocenters. The van der Waals surface area contributed by atoms with Gasteiger partial charge in [-0.05, 0) is 89.9 Å². The summed E-state index contributed by atoms with van der Waals surface area (Å²) in [6.07, 6.45) is 15.3. The number of aliphatic imine (C=N–C) groups is 1. The lowest BCUT2D eigenvalue weighted by molar-refractivity contribution is 0.440. The van der Waals surface area contributed by atoms with Crippen LogP contribution in [0.1, 0.15) is 47.8 Å². The molecule has 2 N–H and O–H groups in total. The van der Waals surface area contributed by atoms with E-state index in [2.05, 4.69) is 155 Å². The van der Waals surface area contributed by atoms with E-state index in [0.717, 1.165) is 70.3 Å². The minimum Gasteiger partial charge on any atom is -0.456 e. The van der Waals surface area contributed by atoms with E-state index >= 15 is 0 Å². The second-order valence-electron chi connectivity index (χ2n) is 13.5. The van der Waals surface area contributed by atoms with Crippen LogP contribution in [0.15, 0.2) is 155 Å². The lowest BCUT2D eigenvalue weighted by Crippen LogP contribution is -2.52. The Kier molecular flexibility index (Phi) is 6.91. The van der Waals surface area contributed by atoms with E-state index in [1.807, 2.05) is 6.07 Å². The van der Waals surface area contributed by atoms with Gasteiger partial charge in [0.1, 0.15) is 29.3 Å². The third kappa shape index (κ3) is 4.93. The van der Waals surface area contributed by atoms with Crippen LogP contribution in [0.2, 0.25) is 0 Å². The molecule has 0 fully saturated rings. The zero-order valence-electron chi connectivity index (χ0n) is 27.6. The third-order valence-electron chi connectivity index (χ3n) is 10.4. The summed E-state index contributed by atoms with van der Waals surface area (Å²) >= 11 is 0. The van der Waals surface area contributed by atoms with E-state index in [1.165, 1.54) is 38.9 Å². The molecule has 0 spiro atoms. The van der Waals surface area contributed by atoms with Gasteiger partial charge < -0.3 is 14.3 Å². The lowest BCUT2D eigenvalue weighted by Gasteiger charge is -2.33. The van der Waals surface area contributed by atoms with Gasteiger partial charge in [0.25, 0.3) is 0 Å². The molecule has 5 aromatic carbocycles. The predicted molar refractivity (Wildman–Crippen MR) is 206 cm³/mol. The van der Waals surface area contributed by atoms with E-state index in [-0.39, 0.29) is 12.3 Å². The molecule has 5 nitrogen and oxygen atoms in total. The predicted octanol–water partition coefficient (Wildman–Crippen LogP) is 10.4. The summed E-state index contributed by atoms with van der Waals surface area (Å²) in [6.45, 7) is 0. The first-order valence-electron chi connectivity index (χ1n) is 17.7. The molecular weight excluding hydrogens is 613 g/mol. The number of aryl methyl sites for hydroxylation is 1. The zero-order valence-corrected chi connectivity index (χ0v) is 27.6. The number of allylic oxidation sites excluding steroid dienone is 3. The van der Waals surface area contributed by atoms with Gasteiger partial charge in [-0.25, -0.2) is 4.99 Å². The summed E-state index contributed by atoms with van der Waals surface area (Å²) in [6, 6.07) is 41.1. The third-order valence-corrected chi connectivity index (χ3v) is 10.4. The van der Waals surface area contributed by atoms with Crippen molar-refractivity contribution in [3.63, 3.8) is 0 Å². The molecule has 10 rings (SSSR count). The summed E-state index contributed by atoms with van der Waals surface area (Å²) in [5, 5.41) is 11.0. The van der Waals surface area contributed by atoms with Crippen LogP contribution < -0.4 is 10.6 Å². The highest BCUT2D eigenvalue weighted by atomic mass is 16.3. The molecule has 5 heteroatoms. The molecule has 3 heterocycles. The van der Waals surface area contributed by atoms with Gasteiger partial charge in [-0.15, -0.1) is 0 Å². The smallest absolute Gasteiger partial charge is 0.137 e. The topological polar surface area (TPSA) is 54.5 Å². The Morgan fingerprint density at radius 2 is 1.44 bits per heavy atom. The zero-order chi connectivity index (χ0) is 33.0. The van der Waals surface area contributed by atoms with Crippen molar-refractivity contribution < 1.29 is 4.42 Å². The van der Waals surface area contributed by atoms with Crippen molar-refractivity contribution in [2.75, 3.05) is 0 Å². The highest BCUT2D eigenvalue weighted by molar-refractivity contribution is 6.06. The van der Waals surface area contributed by atoms with Crippen molar-refractivity contribution in [2.24, 2.45) is 4.99 Å². The van der Waals surface area contributed by atoms with Crippen LogP contribution in [-0.2, 0) is 6.42 Å². The molecule has 50 heavy (non-hydrogen) atoms. The second kappa shape index (κ2) is 11.9. The Hall–Kier alpha value is -5.91. The number of benzene rings is 5.